The Balaban J connectivity index is 2.15. The van der Waals surface area contributed by atoms with Gasteiger partial charge >= 0.3 is 5.97 Å². The molecule has 2 rings (SSSR count). The Labute approximate surface area is 108 Å². The Morgan fingerprint density at radius 2 is 2.26 bits per heavy atom. The molecule has 1 aromatic carbocycles. The number of hydrogen-bond acceptors (Lipinski definition) is 4. The Kier molecular flexibility index (Phi) is 3.55. The maximum absolute atomic E-state index is 13.6. The summed E-state index contributed by atoms with van der Waals surface area (Å²) in [5.74, 6) is -2.22. The van der Waals surface area contributed by atoms with E-state index in [1.165, 1.54) is 0 Å². The zero-order chi connectivity index (χ0) is 14.0. The minimum absolute atomic E-state index is 0.0153. The van der Waals surface area contributed by atoms with Crippen molar-refractivity contribution < 1.29 is 19.1 Å². The van der Waals surface area contributed by atoms with Gasteiger partial charge < -0.3 is 21.5 Å². The third kappa shape index (κ3) is 2.93. The largest absolute Gasteiger partial charge is 0.478 e. The van der Waals surface area contributed by atoms with E-state index in [2.05, 4.69) is 10.6 Å². The lowest BCUT2D eigenvalue weighted by Crippen LogP contribution is -2.42. The third-order valence-corrected chi connectivity index (χ3v) is 2.99. The standard InChI is InChI=1S/C12H14FN3O3/c13-8-4-10(9(14)3-7(8)12(18)19)16-6-1-2-11(17)15-5-6/h3-4,6,16H,1-2,5,14H2,(H,15,17)(H,18,19). The maximum atomic E-state index is 13.6. The number of carboxylic acids is 1. The average molecular weight is 267 g/mol. The SMILES string of the molecule is Nc1cc(C(=O)O)c(F)cc1NC1CCC(=O)NC1. The maximum Gasteiger partial charge on any atom is 0.338 e. The molecule has 0 bridgehead atoms. The summed E-state index contributed by atoms with van der Waals surface area (Å²) >= 11 is 0. The molecule has 1 aromatic rings. The summed E-state index contributed by atoms with van der Waals surface area (Å²) in [5.41, 5.74) is 5.73. The van der Waals surface area contributed by atoms with Crippen LogP contribution < -0.4 is 16.4 Å². The number of hydrogen-bond donors (Lipinski definition) is 4. The van der Waals surface area contributed by atoms with Gasteiger partial charge in [0.15, 0.2) is 0 Å². The monoisotopic (exact) mass is 267 g/mol. The van der Waals surface area contributed by atoms with Crippen LogP contribution in [0.4, 0.5) is 15.8 Å². The lowest BCUT2D eigenvalue weighted by molar-refractivity contribution is -0.122. The zero-order valence-corrected chi connectivity index (χ0v) is 10.1. The van der Waals surface area contributed by atoms with E-state index in [0.717, 1.165) is 12.1 Å². The second-order valence-electron chi connectivity index (χ2n) is 4.41. The molecule has 0 spiro atoms. The van der Waals surface area contributed by atoms with E-state index in [-0.39, 0.29) is 17.6 Å². The highest BCUT2D eigenvalue weighted by Gasteiger charge is 2.20. The fourth-order valence-electron chi connectivity index (χ4n) is 1.95. The lowest BCUT2D eigenvalue weighted by atomic mass is 10.1. The molecule has 1 heterocycles. The van der Waals surface area contributed by atoms with Gasteiger partial charge in [0.05, 0.1) is 16.9 Å². The molecule has 6 nitrogen and oxygen atoms in total. The second kappa shape index (κ2) is 5.13. The number of amides is 1. The summed E-state index contributed by atoms with van der Waals surface area (Å²) in [5, 5.41) is 14.5. The molecule has 7 heteroatoms. The van der Waals surface area contributed by atoms with Crippen LogP contribution >= 0.6 is 0 Å². The van der Waals surface area contributed by atoms with Crippen molar-refractivity contribution in [3.05, 3.63) is 23.5 Å². The number of rotatable bonds is 3. The topological polar surface area (TPSA) is 104 Å². The highest BCUT2D eigenvalue weighted by molar-refractivity contribution is 5.90. The van der Waals surface area contributed by atoms with E-state index in [9.17, 15) is 14.0 Å². The van der Waals surface area contributed by atoms with Crippen molar-refractivity contribution in [2.45, 2.75) is 18.9 Å². The Morgan fingerprint density at radius 1 is 1.53 bits per heavy atom. The van der Waals surface area contributed by atoms with Gasteiger partial charge in [-0.25, -0.2) is 9.18 Å². The minimum atomic E-state index is -1.36. The molecule has 5 N–H and O–H groups in total. The number of piperidine rings is 1. The molecule has 0 saturated carbocycles. The van der Waals surface area contributed by atoms with Crippen LogP contribution in [0.15, 0.2) is 12.1 Å². The van der Waals surface area contributed by atoms with Crippen molar-refractivity contribution in [3.63, 3.8) is 0 Å². The van der Waals surface area contributed by atoms with Crippen molar-refractivity contribution in [1.29, 1.82) is 0 Å². The number of carbonyl (C=O) groups is 2. The molecule has 19 heavy (non-hydrogen) atoms. The predicted octanol–water partition coefficient (Wildman–Crippen LogP) is 0.797. The van der Waals surface area contributed by atoms with Crippen LogP contribution in [0.25, 0.3) is 0 Å². The fourth-order valence-corrected chi connectivity index (χ4v) is 1.95. The quantitative estimate of drug-likeness (QED) is 0.606. The van der Waals surface area contributed by atoms with Crippen LogP contribution in [0.2, 0.25) is 0 Å². The summed E-state index contributed by atoms with van der Waals surface area (Å²) in [4.78, 5) is 21.8. The van der Waals surface area contributed by atoms with Crippen LogP contribution in [0.1, 0.15) is 23.2 Å². The predicted molar refractivity (Wildman–Crippen MR) is 67.4 cm³/mol. The molecular weight excluding hydrogens is 253 g/mol. The number of halogens is 1. The van der Waals surface area contributed by atoms with Gasteiger partial charge in [0.1, 0.15) is 5.82 Å². The van der Waals surface area contributed by atoms with Gasteiger partial charge in [0.25, 0.3) is 0 Å². The van der Waals surface area contributed by atoms with Crippen molar-refractivity contribution in [2.75, 3.05) is 17.6 Å². The van der Waals surface area contributed by atoms with Crippen LogP contribution in [-0.2, 0) is 4.79 Å². The number of nitrogens with one attached hydrogen (secondary N) is 2. The summed E-state index contributed by atoms with van der Waals surface area (Å²) in [7, 11) is 0. The van der Waals surface area contributed by atoms with Crippen molar-refractivity contribution in [2.24, 2.45) is 0 Å². The Hall–Kier alpha value is -2.31. The van der Waals surface area contributed by atoms with Gasteiger partial charge in [-0.3, -0.25) is 4.79 Å². The average Bonchev–Trinajstić information content (AvgIpc) is 2.35. The van der Waals surface area contributed by atoms with E-state index in [4.69, 9.17) is 10.8 Å². The van der Waals surface area contributed by atoms with E-state index >= 15 is 0 Å². The normalized spacial score (nSPS) is 18.8. The molecule has 1 atom stereocenters. The van der Waals surface area contributed by atoms with Gasteiger partial charge in [0, 0.05) is 19.0 Å². The van der Waals surface area contributed by atoms with Gasteiger partial charge in [0.2, 0.25) is 5.91 Å². The van der Waals surface area contributed by atoms with Crippen molar-refractivity contribution >= 4 is 23.3 Å². The first-order chi connectivity index (χ1) is 8.97. The number of carbonyl (C=O) groups excluding carboxylic acids is 1. The number of nitrogen functional groups attached to an aromatic ring is 1. The van der Waals surface area contributed by atoms with Crippen LogP contribution in [0.3, 0.4) is 0 Å². The lowest BCUT2D eigenvalue weighted by Gasteiger charge is -2.25. The molecule has 1 unspecified atom stereocenters. The van der Waals surface area contributed by atoms with E-state index in [1.54, 1.807) is 0 Å². The smallest absolute Gasteiger partial charge is 0.338 e. The second-order valence-corrected chi connectivity index (χ2v) is 4.41. The van der Waals surface area contributed by atoms with Gasteiger partial charge in [-0.1, -0.05) is 0 Å². The molecule has 0 aliphatic carbocycles. The molecule has 1 saturated heterocycles. The summed E-state index contributed by atoms with van der Waals surface area (Å²) in [6.45, 7) is 0.431. The first kappa shape index (κ1) is 13.1. The van der Waals surface area contributed by atoms with Crippen molar-refractivity contribution in [1.82, 2.24) is 5.32 Å². The molecule has 1 aliphatic heterocycles. The van der Waals surface area contributed by atoms with E-state index in [1.807, 2.05) is 0 Å². The summed E-state index contributed by atoms with van der Waals surface area (Å²) < 4.78 is 13.6. The van der Waals surface area contributed by atoms with Crippen LogP contribution in [-0.4, -0.2) is 29.6 Å². The number of anilines is 2. The number of benzene rings is 1. The Bertz CT molecular complexity index is 523. The molecule has 0 radical (unpaired) electrons. The number of aromatic carboxylic acids is 1. The highest BCUT2D eigenvalue weighted by Crippen LogP contribution is 2.24. The fraction of sp³-hybridized carbons (Fsp3) is 0.333. The van der Waals surface area contributed by atoms with Gasteiger partial charge in [-0.2, -0.15) is 0 Å². The minimum Gasteiger partial charge on any atom is -0.478 e. The summed E-state index contributed by atoms with van der Waals surface area (Å²) in [6.07, 6.45) is 1.01. The molecule has 102 valence electrons. The highest BCUT2D eigenvalue weighted by atomic mass is 19.1. The Morgan fingerprint density at radius 3 is 2.84 bits per heavy atom. The van der Waals surface area contributed by atoms with Crippen LogP contribution in [0.5, 0.6) is 0 Å². The molecule has 0 aromatic heterocycles. The number of nitrogens with two attached hydrogens (primary N) is 1. The third-order valence-electron chi connectivity index (χ3n) is 2.99. The van der Waals surface area contributed by atoms with Gasteiger partial charge in [-0.15, -0.1) is 0 Å². The van der Waals surface area contributed by atoms with Crippen molar-refractivity contribution in [3.8, 4) is 0 Å². The molecule has 1 fully saturated rings. The zero-order valence-electron chi connectivity index (χ0n) is 10.1. The van der Waals surface area contributed by atoms with Gasteiger partial charge in [-0.05, 0) is 18.6 Å². The first-order valence-corrected chi connectivity index (χ1v) is 5.83. The first-order valence-electron chi connectivity index (χ1n) is 5.83. The molecule has 1 amide bonds. The number of carboxylic acid groups (broad SMARTS) is 1. The van der Waals surface area contributed by atoms with E-state index < -0.39 is 17.3 Å². The molecular formula is C12H14FN3O3. The summed E-state index contributed by atoms with van der Waals surface area (Å²) in [6, 6.07) is 2.10. The van der Waals surface area contributed by atoms with E-state index in [0.29, 0.717) is 25.1 Å². The molecule has 1 aliphatic rings. The van der Waals surface area contributed by atoms with Crippen LogP contribution in [0, 0.1) is 5.82 Å².